The fourth-order valence-electron chi connectivity index (χ4n) is 4.75. The summed E-state index contributed by atoms with van der Waals surface area (Å²) in [6, 6.07) is 47.7. The van der Waals surface area contributed by atoms with E-state index >= 15 is 0 Å². The largest absolute Gasteiger partial charge is 0.311 e. The number of nitrogens with zero attached hydrogens (tertiary/aromatic N) is 2. The second-order valence-electron chi connectivity index (χ2n) is 9.60. The standard InChI is InChI=1S/C35H34N2/c1-4-28(3)29-18-20-32(21-19-29)36(30-13-7-5-8-14-30)33-22-24-34(25-23-33)37(31-15-9-6-10-16-31)35-17-11-12-27(2)26-35/h5-26,28H,4H2,1-3H3. The zero-order valence-electron chi connectivity index (χ0n) is 21.9. The summed E-state index contributed by atoms with van der Waals surface area (Å²) in [6.45, 7) is 6.67. The van der Waals surface area contributed by atoms with E-state index in [-0.39, 0.29) is 0 Å². The predicted molar refractivity (Wildman–Crippen MR) is 159 cm³/mol. The fourth-order valence-corrected chi connectivity index (χ4v) is 4.75. The number of rotatable bonds is 8. The van der Waals surface area contributed by atoms with Crippen molar-refractivity contribution in [2.45, 2.75) is 33.1 Å². The van der Waals surface area contributed by atoms with E-state index in [4.69, 9.17) is 0 Å². The molecule has 2 heteroatoms. The molecule has 5 rings (SSSR count). The third-order valence-corrected chi connectivity index (χ3v) is 6.99. The van der Waals surface area contributed by atoms with E-state index in [0.717, 1.165) is 40.5 Å². The Morgan fingerprint density at radius 1 is 0.486 bits per heavy atom. The highest BCUT2D eigenvalue weighted by Gasteiger charge is 2.16. The van der Waals surface area contributed by atoms with Crippen LogP contribution in [0.2, 0.25) is 0 Å². The highest BCUT2D eigenvalue weighted by Crippen LogP contribution is 2.39. The lowest BCUT2D eigenvalue weighted by Crippen LogP contribution is -2.12. The number of anilines is 6. The number of hydrogen-bond acceptors (Lipinski definition) is 2. The van der Waals surface area contributed by atoms with E-state index in [0.29, 0.717) is 5.92 Å². The van der Waals surface area contributed by atoms with Gasteiger partial charge in [0.1, 0.15) is 0 Å². The minimum absolute atomic E-state index is 0.559. The number of para-hydroxylation sites is 2. The van der Waals surface area contributed by atoms with Crippen molar-refractivity contribution in [3.63, 3.8) is 0 Å². The van der Waals surface area contributed by atoms with Gasteiger partial charge in [-0.05, 0) is 103 Å². The molecule has 0 saturated heterocycles. The Morgan fingerprint density at radius 3 is 1.35 bits per heavy atom. The van der Waals surface area contributed by atoms with Crippen molar-refractivity contribution in [3.05, 3.63) is 145 Å². The van der Waals surface area contributed by atoms with Crippen LogP contribution in [0, 0.1) is 6.92 Å². The molecule has 2 nitrogen and oxygen atoms in total. The molecule has 184 valence electrons. The summed E-state index contributed by atoms with van der Waals surface area (Å²) in [5.74, 6) is 0.559. The lowest BCUT2D eigenvalue weighted by atomic mass is 9.98. The van der Waals surface area contributed by atoms with E-state index < -0.39 is 0 Å². The van der Waals surface area contributed by atoms with Gasteiger partial charge in [0.2, 0.25) is 0 Å². The summed E-state index contributed by atoms with van der Waals surface area (Å²) in [6.07, 6.45) is 1.14. The van der Waals surface area contributed by atoms with Crippen LogP contribution in [-0.4, -0.2) is 0 Å². The van der Waals surface area contributed by atoms with Gasteiger partial charge in [-0.1, -0.05) is 74.5 Å². The molecule has 1 atom stereocenters. The van der Waals surface area contributed by atoms with Crippen LogP contribution in [0.4, 0.5) is 34.1 Å². The number of hydrogen-bond donors (Lipinski definition) is 0. The second-order valence-corrected chi connectivity index (χ2v) is 9.60. The minimum Gasteiger partial charge on any atom is -0.311 e. The molecule has 0 bridgehead atoms. The van der Waals surface area contributed by atoms with Gasteiger partial charge < -0.3 is 9.80 Å². The molecule has 0 aliphatic rings. The van der Waals surface area contributed by atoms with E-state index in [1.807, 2.05) is 0 Å². The molecule has 0 saturated carbocycles. The van der Waals surface area contributed by atoms with Crippen LogP contribution in [0.1, 0.15) is 37.3 Å². The highest BCUT2D eigenvalue weighted by molar-refractivity contribution is 5.81. The topological polar surface area (TPSA) is 6.48 Å². The van der Waals surface area contributed by atoms with Crippen molar-refractivity contribution in [1.82, 2.24) is 0 Å². The van der Waals surface area contributed by atoms with Gasteiger partial charge in [0, 0.05) is 34.1 Å². The van der Waals surface area contributed by atoms with Crippen molar-refractivity contribution < 1.29 is 0 Å². The Kier molecular flexibility index (Phi) is 7.37. The van der Waals surface area contributed by atoms with E-state index in [1.165, 1.54) is 11.1 Å². The van der Waals surface area contributed by atoms with Gasteiger partial charge >= 0.3 is 0 Å². The normalized spacial score (nSPS) is 11.6. The van der Waals surface area contributed by atoms with Crippen molar-refractivity contribution >= 4 is 34.1 Å². The molecular formula is C35H34N2. The SMILES string of the molecule is CCC(C)c1ccc(N(c2ccccc2)c2ccc(N(c3ccccc3)c3cccc(C)c3)cc2)cc1. The van der Waals surface area contributed by atoms with Crippen molar-refractivity contribution in [2.24, 2.45) is 0 Å². The fraction of sp³-hybridized carbons (Fsp3) is 0.143. The first-order chi connectivity index (χ1) is 18.1. The Labute approximate surface area is 221 Å². The van der Waals surface area contributed by atoms with Crippen LogP contribution in [0.15, 0.2) is 133 Å². The van der Waals surface area contributed by atoms with Crippen LogP contribution in [0.3, 0.4) is 0 Å². The molecule has 0 amide bonds. The maximum atomic E-state index is 2.32. The van der Waals surface area contributed by atoms with E-state index in [2.05, 4.69) is 164 Å². The maximum absolute atomic E-state index is 2.32. The Hall–Kier alpha value is -4.30. The third-order valence-electron chi connectivity index (χ3n) is 6.99. The van der Waals surface area contributed by atoms with Gasteiger partial charge in [-0.15, -0.1) is 0 Å². The molecule has 0 radical (unpaired) electrons. The second kappa shape index (κ2) is 11.2. The van der Waals surface area contributed by atoms with Crippen LogP contribution in [-0.2, 0) is 0 Å². The summed E-state index contributed by atoms with van der Waals surface area (Å²) < 4.78 is 0. The molecule has 0 spiro atoms. The smallest absolute Gasteiger partial charge is 0.0464 e. The lowest BCUT2D eigenvalue weighted by molar-refractivity contribution is 0.733. The van der Waals surface area contributed by atoms with Crippen LogP contribution in [0.25, 0.3) is 0 Å². The molecule has 0 fully saturated rings. The Balaban J connectivity index is 1.55. The van der Waals surface area contributed by atoms with Crippen LogP contribution < -0.4 is 9.80 Å². The van der Waals surface area contributed by atoms with Crippen molar-refractivity contribution in [2.75, 3.05) is 9.80 Å². The molecule has 0 aliphatic heterocycles. The molecule has 37 heavy (non-hydrogen) atoms. The molecule has 0 heterocycles. The first-order valence-corrected chi connectivity index (χ1v) is 13.1. The lowest BCUT2D eigenvalue weighted by Gasteiger charge is -2.28. The summed E-state index contributed by atoms with van der Waals surface area (Å²) in [4.78, 5) is 4.63. The summed E-state index contributed by atoms with van der Waals surface area (Å²) in [5, 5.41) is 0. The predicted octanol–water partition coefficient (Wildman–Crippen LogP) is 10.4. The van der Waals surface area contributed by atoms with Gasteiger partial charge in [0.15, 0.2) is 0 Å². The van der Waals surface area contributed by atoms with Crippen LogP contribution in [0.5, 0.6) is 0 Å². The molecule has 5 aromatic rings. The van der Waals surface area contributed by atoms with E-state index in [9.17, 15) is 0 Å². The average Bonchev–Trinajstić information content (AvgIpc) is 2.95. The Bertz CT molecular complexity index is 1410. The van der Waals surface area contributed by atoms with Crippen LogP contribution >= 0.6 is 0 Å². The molecule has 1 unspecified atom stereocenters. The van der Waals surface area contributed by atoms with E-state index in [1.54, 1.807) is 0 Å². The highest BCUT2D eigenvalue weighted by atomic mass is 15.2. The van der Waals surface area contributed by atoms with Gasteiger partial charge in [0.05, 0.1) is 0 Å². The van der Waals surface area contributed by atoms with Gasteiger partial charge in [0.25, 0.3) is 0 Å². The molecule has 5 aromatic carbocycles. The maximum Gasteiger partial charge on any atom is 0.0464 e. The zero-order chi connectivity index (χ0) is 25.6. The van der Waals surface area contributed by atoms with Gasteiger partial charge in [-0.2, -0.15) is 0 Å². The Morgan fingerprint density at radius 2 is 0.892 bits per heavy atom. The molecular weight excluding hydrogens is 448 g/mol. The summed E-state index contributed by atoms with van der Waals surface area (Å²) >= 11 is 0. The van der Waals surface area contributed by atoms with Gasteiger partial charge in [-0.25, -0.2) is 0 Å². The quantitative estimate of drug-likeness (QED) is 0.217. The minimum atomic E-state index is 0.559. The summed E-state index contributed by atoms with van der Waals surface area (Å²) in [7, 11) is 0. The molecule has 0 aliphatic carbocycles. The first-order valence-electron chi connectivity index (χ1n) is 13.1. The summed E-state index contributed by atoms with van der Waals surface area (Å²) in [5.41, 5.74) is 9.47. The number of aryl methyl sites for hydroxylation is 1. The average molecular weight is 483 g/mol. The molecule has 0 aromatic heterocycles. The van der Waals surface area contributed by atoms with Crippen molar-refractivity contribution in [3.8, 4) is 0 Å². The first kappa shape index (κ1) is 24.4. The zero-order valence-corrected chi connectivity index (χ0v) is 21.9. The molecule has 0 N–H and O–H groups in total. The number of benzene rings is 5. The monoisotopic (exact) mass is 482 g/mol. The van der Waals surface area contributed by atoms with Crippen molar-refractivity contribution in [1.29, 1.82) is 0 Å². The van der Waals surface area contributed by atoms with Gasteiger partial charge in [-0.3, -0.25) is 0 Å². The third kappa shape index (κ3) is 5.44.